The Hall–Kier alpha value is -1.46. The van der Waals surface area contributed by atoms with Crippen LogP contribution in [0.5, 0.6) is 0 Å². The van der Waals surface area contributed by atoms with Crippen molar-refractivity contribution in [2.45, 2.75) is 19.9 Å². The average Bonchev–Trinajstić information content (AvgIpc) is 2.17. The first-order chi connectivity index (χ1) is 7.04. The molecule has 0 aliphatic rings. The minimum atomic E-state index is -0.296. The van der Waals surface area contributed by atoms with Crippen LogP contribution in [0.1, 0.15) is 22.8 Å². The summed E-state index contributed by atoms with van der Waals surface area (Å²) in [5.74, 6) is 2.18. The number of carbonyl (C=O) groups is 1. The zero-order chi connectivity index (χ0) is 11.4. The summed E-state index contributed by atoms with van der Waals surface area (Å²) in [5.41, 5.74) is 1.46. The van der Waals surface area contributed by atoms with Crippen molar-refractivity contribution in [3.05, 3.63) is 34.3 Å². The Morgan fingerprint density at radius 3 is 2.80 bits per heavy atom. The van der Waals surface area contributed by atoms with E-state index in [2.05, 4.69) is 11.2 Å². The summed E-state index contributed by atoms with van der Waals surface area (Å²) in [6.07, 6.45) is 5.16. The van der Waals surface area contributed by atoms with Gasteiger partial charge in [-0.3, -0.25) is 4.79 Å². The molecule has 0 heterocycles. The average molecular weight is 222 g/mol. The van der Waals surface area contributed by atoms with Crippen molar-refractivity contribution in [3.8, 4) is 12.3 Å². The normalized spacial score (nSPS) is 11.6. The molecule has 0 spiro atoms. The van der Waals surface area contributed by atoms with Crippen molar-refractivity contribution >= 4 is 17.5 Å². The van der Waals surface area contributed by atoms with Crippen LogP contribution in [0.2, 0.25) is 5.02 Å². The van der Waals surface area contributed by atoms with Crippen molar-refractivity contribution in [2.24, 2.45) is 0 Å². The highest BCUT2D eigenvalue weighted by molar-refractivity contribution is 6.33. The maximum absolute atomic E-state index is 11.7. The van der Waals surface area contributed by atoms with Crippen LogP contribution in [0.3, 0.4) is 0 Å². The van der Waals surface area contributed by atoms with E-state index in [4.69, 9.17) is 18.0 Å². The molecule has 0 aliphatic carbocycles. The molecule has 1 rings (SSSR count). The largest absolute Gasteiger partial charge is 0.339 e. The van der Waals surface area contributed by atoms with Gasteiger partial charge in [-0.05, 0) is 31.5 Å². The Morgan fingerprint density at radius 2 is 2.27 bits per heavy atom. The monoisotopic (exact) mass is 221 g/mol. The van der Waals surface area contributed by atoms with Gasteiger partial charge in [0.25, 0.3) is 5.91 Å². The summed E-state index contributed by atoms with van der Waals surface area (Å²) in [5, 5.41) is 3.09. The zero-order valence-electron chi connectivity index (χ0n) is 8.67. The van der Waals surface area contributed by atoms with E-state index in [-0.39, 0.29) is 11.9 Å². The highest BCUT2D eigenvalue weighted by Gasteiger charge is 2.11. The number of amides is 1. The number of nitrogens with one attached hydrogen (secondary N) is 1. The van der Waals surface area contributed by atoms with E-state index in [1.54, 1.807) is 19.1 Å². The standard InChI is InChI=1S/C12H12ClNO/c1-4-9(3)14-12(15)10-6-5-8(2)7-11(10)13/h1,5-7,9H,2-3H3,(H,14,15). The van der Waals surface area contributed by atoms with Crippen LogP contribution < -0.4 is 5.32 Å². The van der Waals surface area contributed by atoms with E-state index in [1.807, 2.05) is 13.0 Å². The Balaban J connectivity index is 2.88. The first-order valence-electron chi connectivity index (χ1n) is 4.57. The summed E-state index contributed by atoms with van der Waals surface area (Å²) in [4.78, 5) is 11.7. The van der Waals surface area contributed by atoms with Crippen LogP contribution in [0.4, 0.5) is 0 Å². The molecule has 0 aliphatic heterocycles. The van der Waals surface area contributed by atoms with Crippen molar-refractivity contribution in [1.29, 1.82) is 0 Å². The molecule has 1 amide bonds. The van der Waals surface area contributed by atoms with Crippen molar-refractivity contribution in [3.63, 3.8) is 0 Å². The van der Waals surface area contributed by atoms with E-state index in [9.17, 15) is 4.79 Å². The molecule has 1 N–H and O–H groups in total. The van der Waals surface area contributed by atoms with E-state index < -0.39 is 0 Å². The third-order valence-corrected chi connectivity index (χ3v) is 2.28. The Bertz CT molecular complexity index is 420. The number of hydrogen-bond donors (Lipinski definition) is 1. The second kappa shape index (κ2) is 4.86. The number of rotatable bonds is 2. The van der Waals surface area contributed by atoms with Gasteiger partial charge < -0.3 is 5.32 Å². The molecule has 1 aromatic carbocycles. The van der Waals surface area contributed by atoms with Crippen molar-refractivity contribution < 1.29 is 4.79 Å². The van der Waals surface area contributed by atoms with Crippen molar-refractivity contribution in [1.82, 2.24) is 5.32 Å². The topological polar surface area (TPSA) is 29.1 Å². The fraction of sp³-hybridized carbons (Fsp3) is 0.250. The Morgan fingerprint density at radius 1 is 1.60 bits per heavy atom. The fourth-order valence-electron chi connectivity index (χ4n) is 1.12. The highest BCUT2D eigenvalue weighted by Crippen LogP contribution is 2.17. The van der Waals surface area contributed by atoms with Crippen LogP contribution in [-0.2, 0) is 0 Å². The third-order valence-electron chi connectivity index (χ3n) is 1.97. The van der Waals surface area contributed by atoms with Gasteiger partial charge in [0.05, 0.1) is 16.6 Å². The van der Waals surface area contributed by atoms with Gasteiger partial charge in [-0.2, -0.15) is 0 Å². The lowest BCUT2D eigenvalue weighted by Gasteiger charge is -2.09. The first-order valence-corrected chi connectivity index (χ1v) is 4.95. The molecule has 78 valence electrons. The molecule has 0 radical (unpaired) electrons. The number of carbonyl (C=O) groups excluding carboxylic acids is 1. The molecular formula is C12H12ClNO. The third kappa shape index (κ3) is 3.00. The van der Waals surface area contributed by atoms with Gasteiger partial charge in [0.1, 0.15) is 0 Å². The lowest BCUT2D eigenvalue weighted by atomic mass is 10.1. The number of aryl methyl sites for hydroxylation is 1. The molecule has 15 heavy (non-hydrogen) atoms. The van der Waals surface area contributed by atoms with E-state index in [0.717, 1.165) is 5.56 Å². The molecule has 2 nitrogen and oxygen atoms in total. The minimum absolute atomic E-state index is 0.245. The second-order valence-corrected chi connectivity index (χ2v) is 3.75. The van der Waals surface area contributed by atoms with Crippen LogP contribution in [0, 0.1) is 19.3 Å². The molecule has 3 heteroatoms. The predicted molar refractivity (Wildman–Crippen MR) is 62.0 cm³/mol. The van der Waals surface area contributed by atoms with Gasteiger partial charge >= 0.3 is 0 Å². The molecule has 1 unspecified atom stereocenters. The summed E-state index contributed by atoms with van der Waals surface area (Å²) < 4.78 is 0. The summed E-state index contributed by atoms with van der Waals surface area (Å²) in [7, 11) is 0. The molecular weight excluding hydrogens is 210 g/mol. The SMILES string of the molecule is C#CC(C)NC(=O)c1ccc(C)cc1Cl. The maximum atomic E-state index is 11.7. The quantitative estimate of drug-likeness (QED) is 0.764. The van der Waals surface area contributed by atoms with Gasteiger partial charge in [0.2, 0.25) is 0 Å². The molecule has 0 aromatic heterocycles. The van der Waals surface area contributed by atoms with Crippen LogP contribution in [-0.4, -0.2) is 11.9 Å². The minimum Gasteiger partial charge on any atom is -0.339 e. The summed E-state index contributed by atoms with van der Waals surface area (Å²) >= 11 is 5.94. The fourth-order valence-corrected chi connectivity index (χ4v) is 1.44. The van der Waals surface area contributed by atoms with Gasteiger partial charge in [0, 0.05) is 0 Å². The number of benzene rings is 1. The number of halogens is 1. The lowest BCUT2D eigenvalue weighted by Crippen LogP contribution is -2.31. The maximum Gasteiger partial charge on any atom is 0.253 e. The van der Waals surface area contributed by atoms with Gasteiger partial charge in [-0.1, -0.05) is 23.6 Å². The zero-order valence-corrected chi connectivity index (χ0v) is 9.43. The van der Waals surface area contributed by atoms with Crippen LogP contribution in [0.15, 0.2) is 18.2 Å². The smallest absolute Gasteiger partial charge is 0.253 e. The molecule has 1 aromatic rings. The first kappa shape index (κ1) is 11.6. The van der Waals surface area contributed by atoms with E-state index in [1.165, 1.54) is 0 Å². The second-order valence-electron chi connectivity index (χ2n) is 3.35. The lowest BCUT2D eigenvalue weighted by molar-refractivity contribution is 0.0948. The highest BCUT2D eigenvalue weighted by atomic mass is 35.5. The number of hydrogen-bond acceptors (Lipinski definition) is 1. The summed E-state index contributed by atoms with van der Waals surface area (Å²) in [6.45, 7) is 3.65. The number of terminal acetylenes is 1. The molecule has 1 atom stereocenters. The van der Waals surface area contributed by atoms with E-state index >= 15 is 0 Å². The molecule has 0 saturated heterocycles. The molecule has 0 fully saturated rings. The predicted octanol–water partition coefficient (Wildman–Crippen LogP) is 2.40. The van der Waals surface area contributed by atoms with Crippen molar-refractivity contribution in [2.75, 3.05) is 0 Å². The van der Waals surface area contributed by atoms with Gasteiger partial charge in [-0.25, -0.2) is 0 Å². The van der Waals surface area contributed by atoms with Crippen LogP contribution in [0.25, 0.3) is 0 Å². The Labute approximate surface area is 94.6 Å². The Kier molecular flexibility index (Phi) is 3.76. The van der Waals surface area contributed by atoms with Gasteiger partial charge in [-0.15, -0.1) is 6.42 Å². The van der Waals surface area contributed by atoms with Crippen LogP contribution >= 0.6 is 11.6 Å². The molecule has 0 bridgehead atoms. The van der Waals surface area contributed by atoms with E-state index in [0.29, 0.717) is 10.6 Å². The summed E-state index contributed by atoms with van der Waals surface area (Å²) in [6, 6.07) is 4.98. The molecule has 0 saturated carbocycles. The van der Waals surface area contributed by atoms with Gasteiger partial charge in [0.15, 0.2) is 0 Å².